The number of likely N-dealkylation sites (tertiary alicyclic amines) is 1. The van der Waals surface area contributed by atoms with Gasteiger partial charge in [0.15, 0.2) is 0 Å². The van der Waals surface area contributed by atoms with Crippen molar-refractivity contribution in [1.82, 2.24) is 19.4 Å². The molecule has 0 saturated carbocycles. The van der Waals surface area contributed by atoms with E-state index in [1.165, 1.54) is 11.3 Å². The molecular weight excluding hydrogens is 312 g/mol. The van der Waals surface area contributed by atoms with E-state index >= 15 is 0 Å². The minimum atomic E-state index is -0.640. The maximum Gasteiger partial charge on any atom is 0.265 e. The number of piperidine rings is 1. The highest BCUT2D eigenvalue weighted by atomic mass is 32.1. The molecule has 124 valence electrons. The first kappa shape index (κ1) is 16.1. The van der Waals surface area contributed by atoms with Crippen LogP contribution in [0.2, 0.25) is 0 Å². The molecule has 1 aliphatic rings. The van der Waals surface area contributed by atoms with Gasteiger partial charge in [-0.25, -0.2) is 9.97 Å². The molecule has 23 heavy (non-hydrogen) atoms. The molecule has 6 nitrogen and oxygen atoms in total. The zero-order valence-electron chi connectivity index (χ0n) is 13.5. The summed E-state index contributed by atoms with van der Waals surface area (Å²) in [6.45, 7) is 3.33. The van der Waals surface area contributed by atoms with E-state index in [4.69, 9.17) is 0 Å². The largest absolute Gasteiger partial charge is 0.385 e. The Morgan fingerprint density at radius 1 is 1.52 bits per heavy atom. The molecule has 2 unspecified atom stereocenters. The second kappa shape index (κ2) is 6.80. The Bertz CT molecular complexity index is 681. The Hall–Kier alpha value is -1.73. The lowest BCUT2D eigenvalue weighted by molar-refractivity contribution is 0.0361. The van der Waals surface area contributed by atoms with Crippen LogP contribution in [-0.4, -0.2) is 43.5 Å². The van der Waals surface area contributed by atoms with Crippen LogP contribution in [0.5, 0.6) is 0 Å². The van der Waals surface area contributed by atoms with Gasteiger partial charge in [0.05, 0.1) is 11.2 Å². The van der Waals surface area contributed by atoms with E-state index in [1.54, 1.807) is 12.4 Å². The molecular formula is C16H22N4O2S. The summed E-state index contributed by atoms with van der Waals surface area (Å²) in [6.07, 6.45) is 7.20. The molecule has 2 atom stereocenters. The molecule has 1 fully saturated rings. The third-order valence-electron chi connectivity index (χ3n) is 4.38. The summed E-state index contributed by atoms with van der Waals surface area (Å²) < 4.78 is 1.84. The maximum atomic E-state index is 12.6. The molecule has 1 saturated heterocycles. The van der Waals surface area contributed by atoms with Crippen molar-refractivity contribution in [3.8, 4) is 0 Å². The van der Waals surface area contributed by atoms with Crippen molar-refractivity contribution in [3.63, 3.8) is 0 Å². The van der Waals surface area contributed by atoms with Gasteiger partial charge in [-0.05, 0) is 19.3 Å². The predicted molar refractivity (Wildman–Crippen MR) is 88.3 cm³/mol. The summed E-state index contributed by atoms with van der Waals surface area (Å²) in [5.41, 5.74) is 0. The van der Waals surface area contributed by atoms with E-state index < -0.39 is 6.10 Å². The van der Waals surface area contributed by atoms with Crippen molar-refractivity contribution in [2.24, 2.45) is 13.0 Å². The molecule has 1 aliphatic heterocycles. The lowest BCUT2D eigenvalue weighted by atomic mass is 9.92. The standard InChI is InChI=1S/C16H22N4O2S/c1-3-13-18-9-12(23-13)16(22)20-7-4-5-11(10-20)14(21)15-17-6-8-19(15)2/h6,8-9,11,14,21H,3-5,7,10H2,1-2H3. The van der Waals surface area contributed by atoms with Gasteiger partial charge >= 0.3 is 0 Å². The van der Waals surface area contributed by atoms with Crippen molar-refractivity contribution < 1.29 is 9.90 Å². The third kappa shape index (κ3) is 3.30. The van der Waals surface area contributed by atoms with Gasteiger partial charge in [0, 0.05) is 38.4 Å². The van der Waals surface area contributed by atoms with Crippen LogP contribution in [-0.2, 0) is 13.5 Å². The molecule has 1 N–H and O–H groups in total. The lowest BCUT2D eigenvalue weighted by Gasteiger charge is -2.34. The Morgan fingerprint density at radius 3 is 3.00 bits per heavy atom. The van der Waals surface area contributed by atoms with Crippen molar-refractivity contribution >= 4 is 17.2 Å². The first-order valence-corrected chi connectivity index (χ1v) is 8.81. The van der Waals surface area contributed by atoms with Gasteiger partial charge in [-0.15, -0.1) is 11.3 Å². The quantitative estimate of drug-likeness (QED) is 0.929. The van der Waals surface area contributed by atoms with Crippen LogP contribution in [0.3, 0.4) is 0 Å². The maximum absolute atomic E-state index is 12.6. The number of rotatable bonds is 4. The highest BCUT2D eigenvalue weighted by Gasteiger charge is 2.31. The topological polar surface area (TPSA) is 71.2 Å². The molecule has 3 rings (SSSR count). The fraction of sp³-hybridized carbons (Fsp3) is 0.562. The van der Waals surface area contributed by atoms with Crippen LogP contribution in [0.15, 0.2) is 18.6 Å². The summed E-state index contributed by atoms with van der Waals surface area (Å²) in [4.78, 5) is 23.7. The molecule has 1 amide bonds. The fourth-order valence-electron chi connectivity index (χ4n) is 3.05. The zero-order chi connectivity index (χ0) is 16.4. The monoisotopic (exact) mass is 334 g/mol. The van der Waals surface area contributed by atoms with Gasteiger partial charge in [0.1, 0.15) is 16.8 Å². The number of thiazole rings is 1. The number of aromatic nitrogens is 3. The van der Waals surface area contributed by atoms with Crippen molar-refractivity contribution in [3.05, 3.63) is 34.3 Å². The minimum absolute atomic E-state index is 0.0207. The molecule has 2 aromatic heterocycles. The second-order valence-electron chi connectivity index (χ2n) is 5.97. The number of carbonyl (C=O) groups excluding carboxylic acids is 1. The molecule has 2 aromatic rings. The number of hydrogen-bond donors (Lipinski definition) is 1. The lowest BCUT2D eigenvalue weighted by Crippen LogP contribution is -2.41. The van der Waals surface area contributed by atoms with E-state index in [0.717, 1.165) is 30.8 Å². The molecule has 3 heterocycles. The Labute approximate surface area is 139 Å². The smallest absolute Gasteiger partial charge is 0.265 e. The van der Waals surface area contributed by atoms with Crippen LogP contribution < -0.4 is 0 Å². The summed E-state index contributed by atoms with van der Waals surface area (Å²) >= 11 is 1.46. The van der Waals surface area contributed by atoms with Gasteiger partial charge in [-0.2, -0.15) is 0 Å². The van der Waals surface area contributed by atoms with Crippen LogP contribution in [0.25, 0.3) is 0 Å². The van der Waals surface area contributed by atoms with Crippen molar-refractivity contribution in [2.45, 2.75) is 32.3 Å². The molecule has 0 bridgehead atoms. The number of amides is 1. The third-order valence-corrected chi connectivity index (χ3v) is 5.51. The number of aliphatic hydroxyl groups excluding tert-OH is 1. The highest BCUT2D eigenvalue weighted by Crippen LogP contribution is 2.30. The number of carbonyl (C=O) groups is 1. The van der Waals surface area contributed by atoms with Gasteiger partial charge in [0.25, 0.3) is 5.91 Å². The van der Waals surface area contributed by atoms with Crippen LogP contribution >= 0.6 is 11.3 Å². The minimum Gasteiger partial charge on any atom is -0.385 e. The number of aliphatic hydroxyl groups is 1. The van der Waals surface area contributed by atoms with E-state index in [1.807, 2.05) is 29.6 Å². The Morgan fingerprint density at radius 2 is 2.35 bits per heavy atom. The number of aryl methyl sites for hydroxylation is 2. The predicted octanol–water partition coefficient (Wildman–Crippen LogP) is 2.02. The average molecular weight is 334 g/mol. The van der Waals surface area contributed by atoms with E-state index in [-0.39, 0.29) is 11.8 Å². The Kier molecular flexibility index (Phi) is 4.77. The normalized spacial score (nSPS) is 19.8. The van der Waals surface area contributed by atoms with Crippen LogP contribution in [0, 0.1) is 5.92 Å². The molecule has 0 spiro atoms. The second-order valence-corrected chi connectivity index (χ2v) is 7.08. The molecule has 0 radical (unpaired) electrons. The fourth-order valence-corrected chi connectivity index (χ4v) is 3.88. The molecule has 0 aliphatic carbocycles. The van der Waals surface area contributed by atoms with Crippen molar-refractivity contribution in [2.75, 3.05) is 13.1 Å². The number of imidazole rings is 1. The summed E-state index contributed by atoms with van der Waals surface area (Å²) in [5, 5.41) is 11.6. The number of hydrogen-bond acceptors (Lipinski definition) is 5. The first-order chi connectivity index (χ1) is 11.1. The van der Waals surface area contributed by atoms with Crippen LogP contribution in [0.4, 0.5) is 0 Å². The average Bonchev–Trinajstić information content (AvgIpc) is 3.22. The summed E-state index contributed by atoms with van der Waals surface area (Å²) in [7, 11) is 1.88. The SMILES string of the molecule is CCc1ncc(C(=O)N2CCCC(C(O)c3nccn3C)C2)s1. The summed E-state index contributed by atoms with van der Waals surface area (Å²) in [5.74, 6) is 0.710. The van der Waals surface area contributed by atoms with E-state index in [9.17, 15) is 9.90 Å². The highest BCUT2D eigenvalue weighted by molar-refractivity contribution is 7.13. The van der Waals surface area contributed by atoms with Crippen LogP contribution in [0.1, 0.15) is 46.4 Å². The number of nitrogens with zero attached hydrogens (tertiary/aromatic N) is 4. The first-order valence-electron chi connectivity index (χ1n) is 7.99. The van der Waals surface area contributed by atoms with Gasteiger partial charge in [-0.3, -0.25) is 4.79 Å². The van der Waals surface area contributed by atoms with Gasteiger partial charge in [-0.1, -0.05) is 6.92 Å². The van der Waals surface area contributed by atoms with Gasteiger partial charge in [0.2, 0.25) is 0 Å². The zero-order valence-corrected chi connectivity index (χ0v) is 14.3. The van der Waals surface area contributed by atoms with E-state index in [0.29, 0.717) is 17.2 Å². The Balaban J connectivity index is 1.70. The molecule has 0 aromatic carbocycles. The molecule has 7 heteroatoms. The van der Waals surface area contributed by atoms with E-state index in [2.05, 4.69) is 9.97 Å². The van der Waals surface area contributed by atoms with Gasteiger partial charge < -0.3 is 14.6 Å². The summed E-state index contributed by atoms with van der Waals surface area (Å²) in [6, 6.07) is 0. The van der Waals surface area contributed by atoms with Crippen molar-refractivity contribution in [1.29, 1.82) is 0 Å².